The van der Waals surface area contributed by atoms with Crippen molar-refractivity contribution in [3.05, 3.63) is 16.1 Å². The standard InChI is InChI=1S/C11H18N2OS/c1-11(2,3)10-13-8(7-15-10)4-12-9-5-14-6-9/h7,9,12H,4-6H2,1-3H3. The summed E-state index contributed by atoms with van der Waals surface area (Å²) in [5.41, 5.74) is 1.32. The Morgan fingerprint density at radius 3 is 2.73 bits per heavy atom. The lowest BCUT2D eigenvalue weighted by Gasteiger charge is -2.26. The van der Waals surface area contributed by atoms with E-state index in [4.69, 9.17) is 4.74 Å². The summed E-state index contributed by atoms with van der Waals surface area (Å²) < 4.78 is 5.10. The summed E-state index contributed by atoms with van der Waals surface area (Å²) >= 11 is 1.75. The highest BCUT2D eigenvalue weighted by Crippen LogP contribution is 2.25. The predicted molar refractivity (Wildman–Crippen MR) is 62.3 cm³/mol. The van der Waals surface area contributed by atoms with Crippen LogP contribution in [0.2, 0.25) is 0 Å². The minimum Gasteiger partial charge on any atom is -0.378 e. The zero-order valence-electron chi connectivity index (χ0n) is 9.54. The normalized spacial score (nSPS) is 17.8. The van der Waals surface area contributed by atoms with Crippen molar-refractivity contribution in [2.75, 3.05) is 13.2 Å². The first-order chi connectivity index (χ1) is 7.05. The quantitative estimate of drug-likeness (QED) is 0.855. The highest BCUT2D eigenvalue weighted by Gasteiger charge is 2.20. The molecule has 0 bridgehead atoms. The van der Waals surface area contributed by atoms with E-state index in [2.05, 4.69) is 36.5 Å². The number of rotatable bonds is 3. The Balaban J connectivity index is 1.89. The molecule has 1 aromatic heterocycles. The van der Waals surface area contributed by atoms with Gasteiger partial charge in [-0.2, -0.15) is 0 Å². The highest BCUT2D eigenvalue weighted by molar-refractivity contribution is 7.09. The van der Waals surface area contributed by atoms with E-state index < -0.39 is 0 Å². The first kappa shape index (κ1) is 11.0. The van der Waals surface area contributed by atoms with Crippen molar-refractivity contribution in [2.24, 2.45) is 0 Å². The van der Waals surface area contributed by atoms with Crippen LogP contribution in [0.25, 0.3) is 0 Å². The van der Waals surface area contributed by atoms with Gasteiger partial charge in [-0.05, 0) is 0 Å². The molecule has 2 rings (SSSR count). The molecule has 4 heteroatoms. The summed E-state index contributed by atoms with van der Waals surface area (Å²) in [4.78, 5) is 4.63. The number of hydrogen-bond acceptors (Lipinski definition) is 4. The van der Waals surface area contributed by atoms with Gasteiger partial charge in [-0.1, -0.05) is 20.8 Å². The molecule has 0 radical (unpaired) electrons. The monoisotopic (exact) mass is 226 g/mol. The Hall–Kier alpha value is -0.450. The molecule has 2 heterocycles. The summed E-state index contributed by atoms with van der Waals surface area (Å²) in [5, 5.41) is 6.78. The maximum absolute atomic E-state index is 5.10. The molecule has 1 fully saturated rings. The van der Waals surface area contributed by atoms with Crippen LogP contribution in [-0.4, -0.2) is 24.2 Å². The predicted octanol–water partition coefficient (Wildman–Crippen LogP) is 1.93. The first-order valence-electron chi connectivity index (χ1n) is 5.32. The summed E-state index contributed by atoms with van der Waals surface area (Å²) in [6.07, 6.45) is 0. The number of hydrogen-bond donors (Lipinski definition) is 1. The van der Waals surface area contributed by atoms with Crippen LogP contribution >= 0.6 is 11.3 Å². The van der Waals surface area contributed by atoms with Crippen LogP contribution in [0.4, 0.5) is 0 Å². The molecule has 84 valence electrons. The zero-order chi connectivity index (χ0) is 10.9. The highest BCUT2D eigenvalue weighted by atomic mass is 32.1. The fourth-order valence-corrected chi connectivity index (χ4v) is 2.24. The van der Waals surface area contributed by atoms with Gasteiger partial charge >= 0.3 is 0 Å². The molecule has 0 unspecified atom stereocenters. The van der Waals surface area contributed by atoms with Crippen molar-refractivity contribution in [1.29, 1.82) is 0 Å². The maximum Gasteiger partial charge on any atom is 0.0982 e. The van der Waals surface area contributed by atoms with E-state index in [0.717, 1.165) is 25.5 Å². The van der Waals surface area contributed by atoms with Crippen LogP contribution in [0.1, 0.15) is 31.5 Å². The fourth-order valence-electron chi connectivity index (χ4n) is 1.34. The van der Waals surface area contributed by atoms with Gasteiger partial charge in [0.25, 0.3) is 0 Å². The summed E-state index contributed by atoms with van der Waals surface area (Å²) in [6, 6.07) is 0.532. The van der Waals surface area contributed by atoms with E-state index in [1.807, 2.05) is 0 Å². The van der Waals surface area contributed by atoms with Crippen molar-refractivity contribution in [1.82, 2.24) is 10.3 Å². The topological polar surface area (TPSA) is 34.2 Å². The molecule has 1 saturated heterocycles. The van der Waals surface area contributed by atoms with Crippen LogP contribution in [-0.2, 0) is 16.7 Å². The number of nitrogens with zero attached hydrogens (tertiary/aromatic N) is 1. The fraction of sp³-hybridized carbons (Fsp3) is 0.727. The second kappa shape index (κ2) is 4.20. The van der Waals surface area contributed by atoms with Crippen LogP contribution < -0.4 is 5.32 Å². The Morgan fingerprint density at radius 2 is 2.27 bits per heavy atom. The van der Waals surface area contributed by atoms with Gasteiger partial charge in [0.2, 0.25) is 0 Å². The molecule has 1 aliphatic heterocycles. The molecule has 15 heavy (non-hydrogen) atoms. The van der Waals surface area contributed by atoms with Crippen LogP contribution in [0, 0.1) is 0 Å². The Bertz CT molecular complexity index is 326. The van der Waals surface area contributed by atoms with Crippen LogP contribution in [0.5, 0.6) is 0 Å². The van der Waals surface area contributed by atoms with Gasteiger partial charge in [-0.15, -0.1) is 11.3 Å². The average Bonchev–Trinajstić information content (AvgIpc) is 2.48. The van der Waals surface area contributed by atoms with Crippen molar-refractivity contribution in [3.63, 3.8) is 0 Å². The minimum absolute atomic E-state index is 0.169. The summed E-state index contributed by atoms with van der Waals surface area (Å²) in [7, 11) is 0. The molecule has 0 atom stereocenters. The van der Waals surface area contributed by atoms with E-state index in [-0.39, 0.29) is 5.41 Å². The van der Waals surface area contributed by atoms with Gasteiger partial charge in [0, 0.05) is 17.3 Å². The van der Waals surface area contributed by atoms with Gasteiger partial charge in [0.15, 0.2) is 0 Å². The molecular formula is C11H18N2OS. The Kier molecular flexibility index (Phi) is 3.09. The van der Waals surface area contributed by atoms with E-state index >= 15 is 0 Å². The minimum atomic E-state index is 0.169. The van der Waals surface area contributed by atoms with E-state index in [9.17, 15) is 0 Å². The summed E-state index contributed by atoms with van der Waals surface area (Å²) in [5.74, 6) is 0. The third-order valence-electron chi connectivity index (χ3n) is 2.40. The Morgan fingerprint density at radius 1 is 1.53 bits per heavy atom. The molecule has 0 spiro atoms. The van der Waals surface area contributed by atoms with Gasteiger partial charge < -0.3 is 10.1 Å². The molecule has 1 aliphatic rings. The van der Waals surface area contributed by atoms with Crippen molar-refractivity contribution < 1.29 is 4.74 Å². The number of ether oxygens (including phenoxy) is 1. The van der Waals surface area contributed by atoms with Gasteiger partial charge in [-0.3, -0.25) is 0 Å². The molecular weight excluding hydrogens is 208 g/mol. The molecule has 3 nitrogen and oxygen atoms in total. The summed E-state index contributed by atoms with van der Waals surface area (Å²) in [6.45, 7) is 9.14. The van der Waals surface area contributed by atoms with Crippen molar-refractivity contribution in [3.8, 4) is 0 Å². The third kappa shape index (κ3) is 2.77. The van der Waals surface area contributed by atoms with E-state index in [1.54, 1.807) is 11.3 Å². The number of nitrogens with one attached hydrogen (secondary N) is 1. The Labute approximate surface area is 94.9 Å². The second-order valence-corrected chi connectivity index (χ2v) is 5.87. The largest absolute Gasteiger partial charge is 0.378 e. The SMILES string of the molecule is CC(C)(C)c1nc(CNC2COC2)cs1. The van der Waals surface area contributed by atoms with Crippen molar-refractivity contribution in [2.45, 2.75) is 38.8 Å². The lowest BCUT2D eigenvalue weighted by Crippen LogP contribution is -2.45. The van der Waals surface area contributed by atoms with Crippen LogP contribution in [0.15, 0.2) is 5.38 Å². The van der Waals surface area contributed by atoms with Gasteiger partial charge in [-0.25, -0.2) is 4.98 Å². The van der Waals surface area contributed by atoms with E-state index in [0.29, 0.717) is 6.04 Å². The number of thiazole rings is 1. The molecule has 0 saturated carbocycles. The second-order valence-electron chi connectivity index (χ2n) is 5.01. The first-order valence-corrected chi connectivity index (χ1v) is 6.19. The number of aromatic nitrogens is 1. The van der Waals surface area contributed by atoms with Crippen molar-refractivity contribution >= 4 is 11.3 Å². The van der Waals surface area contributed by atoms with Gasteiger partial charge in [0.1, 0.15) is 0 Å². The molecule has 1 N–H and O–H groups in total. The van der Waals surface area contributed by atoms with Crippen LogP contribution in [0.3, 0.4) is 0 Å². The molecule has 0 aromatic carbocycles. The smallest absolute Gasteiger partial charge is 0.0982 e. The molecule has 0 aliphatic carbocycles. The lowest BCUT2D eigenvalue weighted by atomic mass is 9.98. The average molecular weight is 226 g/mol. The zero-order valence-corrected chi connectivity index (χ0v) is 10.4. The van der Waals surface area contributed by atoms with E-state index in [1.165, 1.54) is 5.01 Å². The third-order valence-corrected chi connectivity index (χ3v) is 3.72. The maximum atomic E-state index is 5.10. The van der Waals surface area contributed by atoms with Gasteiger partial charge in [0.05, 0.1) is 30.0 Å². The lowest BCUT2D eigenvalue weighted by molar-refractivity contribution is -0.00589. The molecule has 1 aromatic rings. The molecule has 0 amide bonds.